The predicted molar refractivity (Wildman–Crippen MR) is 54.6 cm³/mol. The first-order chi connectivity index (χ1) is 6.11. The van der Waals surface area contributed by atoms with E-state index in [4.69, 9.17) is 28.3 Å². The number of nitrogens with two attached hydrogens (primary N) is 2. The average molecular weight is 215 g/mol. The third-order valence-electron chi connectivity index (χ3n) is 1.47. The predicted octanol–water partition coefficient (Wildman–Crippen LogP) is 1.49. The van der Waals surface area contributed by atoms with Gasteiger partial charge in [-0.05, 0) is 6.26 Å². The van der Waals surface area contributed by atoms with Crippen LogP contribution in [0.25, 0.3) is 0 Å². The van der Waals surface area contributed by atoms with Gasteiger partial charge in [0.25, 0.3) is 0 Å². The molecular formula is C7H7ClN4S. The van der Waals surface area contributed by atoms with E-state index in [0.29, 0.717) is 5.03 Å². The molecular weight excluding hydrogens is 208 g/mol. The topological polar surface area (TPSA) is 88.7 Å². The van der Waals surface area contributed by atoms with Crippen LogP contribution >= 0.6 is 23.4 Å². The summed E-state index contributed by atoms with van der Waals surface area (Å²) in [4.78, 5) is 3.93. The van der Waals surface area contributed by atoms with Crippen LogP contribution in [0, 0.1) is 11.3 Å². The van der Waals surface area contributed by atoms with E-state index in [1.165, 1.54) is 11.8 Å². The van der Waals surface area contributed by atoms with Crippen LogP contribution in [0.5, 0.6) is 0 Å². The molecule has 0 atom stereocenters. The summed E-state index contributed by atoms with van der Waals surface area (Å²) in [5, 5.41) is 9.41. The van der Waals surface area contributed by atoms with Crippen molar-refractivity contribution in [3.63, 3.8) is 0 Å². The summed E-state index contributed by atoms with van der Waals surface area (Å²) in [6, 6.07) is 1.93. The minimum absolute atomic E-state index is 0.148. The van der Waals surface area contributed by atoms with Crippen LogP contribution in [-0.4, -0.2) is 11.2 Å². The van der Waals surface area contributed by atoms with Crippen LogP contribution in [0.3, 0.4) is 0 Å². The number of nitrogen functional groups attached to an aromatic ring is 2. The number of nitriles is 1. The van der Waals surface area contributed by atoms with Crippen molar-refractivity contribution in [2.45, 2.75) is 5.03 Å². The number of anilines is 2. The number of aromatic nitrogens is 1. The van der Waals surface area contributed by atoms with Crippen LogP contribution in [0.4, 0.5) is 11.5 Å². The molecule has 4 nitrogen and oxygen atoms in total. The van der Waals surface area contributed by atoms with Gasteiger partial charge < -0.3 is 11.5 Å². The molecule has 0 unspecified atom stereocenters. The largest absolute Gasteiger partial charge is 0.396 e. The Bertz CT molecular complexity index is 385. The van der Waals surface area contributed by atoms with Crippen molar-refractivity contribution in [2.24, 2.45) is 0 Å². The van der Waals surface area contributed by atoms with Crippen molar-refractivity contribution in [2.75, 3.05) is 17.7 Å². The molecule has 0 saturated carbocycles. The van der Waals surface area contributed by atoms with Crippen molar-refractivity contribution in [1.82, 2.24) is 4.98 Å². The van der Waals surface area contributed by atoms with Crippen LogP contribution < -0.4 is 11.5 Å². The highest BCUT2D eigenvalue weighted by molar-refractivity contribution is 7.98. The fourth-order valence-electron chi connectivity index (χ4n) is 0.833. The normalized spacial score (nSPS) is 9.62. The van der Waals surface area contributed by atoms with Gasteiger partial charge in [0.15, 0.2) is 0 Å². The highest BCUT2D eigenvalue weighted by atomic mass is 35.5. The molecule has 0 saturated heterocycles. The number of rotatable bonds is 1. The lowest BCUT2D eigenvalue weighted by molar-refractivity contribution is 1.13. The van der Waals surface area contributed by atoms with Crippen molar-refractivity contribution >= 4 is 34.9 Å². The second kappa shape index (κ2) is 3.73. The second-order valence-corrected chi connectivity index (χ2v) is 3.39. The molecule has 4 N–H and O–H groups in total. The van der Waals surface area contributed by atoms with Gasteiger partial charge in [0.2, 0.25) is 0 Å². The number of halogens is 1. The summed E-state index contributed by atoms with van der Waals surface area (Å²) in [5.74, 6) is 0.155. The van der Waals surface area contributed by atoms with Crippen LogP contribution in [0.15, 0.2) is 5.03 Å². The van der Waals surface area contributed by atoms with Crippen LogP contribution in [0.2, 0.25) is 5.02 Å². The third kappa shape index (κ3) is 1.64. The molecule has 0 bridgehead atoms. The molecule has 0 spiro atoms. The SMILES string of the molecule is CSc1nc(N)c(Cl)c(N)c1C#N. The average Bonchev–Trinajstić information content (AvgIpc) is 2.13. The van der Waals surface area contributed by atoms with Crippen molar-refractivity contribution in [1.29, 1.82) is 5.26 Å². The molecule has 1 aromatic rings. The molecule has 68 valence electrons. The molecule has 13 heavy (non-hydrogen) atoms. The fraction of sp³-hybridized carbons (Fsp3) is 0.143. The Hall–Kier alpha value is -1.12. The maximum Gasteiger partial charge on any atom is 0.145 e. The minimum atomic E-state index is 0.148. The third-order valence-corrected chi connectivity index (χ3v) is 2.55. The highest BCUT2D eigenvalue weighted by Crippen LogP contribution is 2.32. The highest BCUT2D eigenvalue weighted by Gasteiger charge is 2.13. The van der Waals surface area contributed by atoms with E-state index >= 15 is 0 Å². The Kier molecular flexibility index (Phi) is 2.86. The zero-order valence-corrected chi connectivity index (χ0v) is 8.41. The lowest BCUT2D eigenvalue weighted by Gasteiger charge is -2.06. The maximum atomic E-state index is 8.76. The van der Waals surface area contributed by atoms with Gasteiger partial charge in [-0.3, -0.25) is 0 Å². The van der Waals surface area contributed by atoms with Gasteiger partial charge in [-0.15, -0.1) is 11.8 Å². The summed E-state index contributed by atoms with van der Waals surface area (Å²) in [6.45, 7) is 0. The van der Waals surface area contributed by atoms with E-state index in [-0.39, 0.29) is 22.1 Å². The smallest absolute Gasteiger partial charge is 0.145 e. The second-order valence-electron chi connectivity index (χ2n) is 2.22. The molecule has 1 aromatic heterocycles. The zero-order chi connectivity index (χ0) is 10.0. The molecule has 1 heterocycles. The van der Waals surface area contributed by atoms with Gasteiger partial charge >= 0.3 is 0 Å². The first-order valence-corrected chi connectivity index (χ1v) is 4.90. The number of thioether (sulfide) groups is 1. The van der Waals surface area contributed by atoms with E-state index < -0.39 is 0 Å². The molecule has 0 fully saturated rings. The first-order valence-electron chi connectivity index (χ1n) is 3.30. The molecule has 6 heteroatoms. The van der Waals surface area contributed by atoms with E-state index in [9.17, 15) is 0 Å². The van der Waals surface area contributed by atoms with E-state index in [2.05, 4.69) is 4.98 Å². The van der Waals surface area contributed by atoms with Gasteiger partial charge in [0.05, 0.1) is 5.69 Å². The van der Waals surface area contributed by atoms with Crippen molar-refractivity contribution in [3.8, 4) is 6.07 Å². The van der Waals surface area contributed by atoms with Gasteiger partial charge in [0, 0.05) is 0 Å². The van der Waals surface area contributed by atoms with E-state index in [1.807, 2.05) is 6.07 Å². The summed E-state index contributed by atoms with van der Waals surface area (Å²) >= 11 is 7.02. The molecule has 0 amide bonds. The van der Waals surface area contributed by atoms with Crippen molar-refractivity contribution < 1.29 is 0 Å². The van der Waals surface area contributed by atoms with Crippen LogP contribution in [0.1, 0.15) is 5.56 Å². The Labute approximate surface area is 84.9 Å². The molecule has 0 aliphatic rings. The Morgan fingerprint density at radius 3 is 2.62 bits per heavy atom. The summed E-state index contributed by atoms with van der Waals surface area (Å²) < 4.78 is 0. The van der Waals surface area contributed by atoms with Gasteiger partial charge in [-0.2, -0.15) is 5.26 Å². The fourth-order valence-corrected chi connectivity index (χ4v) is 1.52. The number of pyridine rings is 1. The standard InChI is InChI=1S/C7H7ClN4S/c1-13-7-3(2-9)5(10)4(8)6(11)12-7/h1H3,(H4,10,11,12). The van der Waals surface area contributed by atoms with Gasteiger partial charge in [0.1, 0.15) is 27.5 Å². The number of nitrogens with zero attached hydrogens (tertiary/aromatic N) is 2. The Morgan fingerprint density at radius 1 is 1.54 bits per heavy atom. The summed E-state index contributed by atoms with van der Waals surface area (Å²) in [6.07, 6.45) is 1.79. The number of hydrogen-bond acceptors (Lipinski definition) is 5. The minimum Gasteiger partial charge on any atom is -0.396 e. The molecule has 0 aromatic carbocycles. The van der Waals surface area contributed by atoms with Crippen molar-refractivity contribution in [3.05, 3.63) is 10.6 Å². The number of hydrogen-bond donors (Lipinski definition) is 2. The molecule has 0 aliphatic carbocycles. The quantitative estimate of drug-likeness (QED) is 0.692. The van der Waals surface area contributed by atoms with Gasteiger partial charge in [-0.1, -0.05) is 11.6 Å². The monoisotopic (exact) mass is 214 g/mol. The lowest BCUT2D eigenvalue weighted by Crippen LogP contribution is -2.01. The summed E-state index contributed by atoms with van der Waals surface area (Å²) in [7, 11) is 0. The van der Waals surface area contributed by atoms with E-state index in [0.717, 1.165) is 0 Å². The zero-order valence-electron chi connectivity index (χ0n) is 6.84. The summed E-state index contributed by atoms with van der Waals surface area (Å²) in [5.41, 5.74) is 11.5. The maximum absolute atomic E-state index is 8.76. The molecule has 1 rings (SSSR count). The Balaban J connectivity index is 3.50. The first kappa shape index (κ1) is 9.96. The lowest BCUT2D eigenvalue weighted by atomic mass is 10.2. The molecule has 0 radical (unpaired) electrons. The molecule has 0 aliphatic heterocycles. The Morgan fingerprint density at radius 2 is 2.15 bits per heavy atom. The van der Waals surface area contributed by atoms with E-state index in [1.54, 1.807) is 6.26 Å². The van der Waals surface area contributed by atoms with Gasteiger partial charge in [-0.25, -0.2) is 4.98 Å². The van der Waals surface area contributed by atoms with Crippen LogP contribution in [-0.2, 0) is 0 Å².